The van der Waals surface area contributed by atoms with Crippen LogP contribution in [0.15, 0.2) is 47.5 Å². The van der Waals surface area contributed by atoms with Gasteiger partial charge in [-0.15, -0.1) is 0 Å². The van der Waals surface area contributed by atoms with Crippen LogP contribution in [0.5, 0.6) is 0 Å². The van der Waals surface area contributed by atoms with Crippen molar-refractivity contribution in [2.45, 2.75) is 18.0 Å². The van der Waals surface area contributed by atoms with Crippen molar-refractivity contribution in [3.05, 3.63) is 53.9 Å². The number of aromatic nitrogens is 2. The summed E-state index contributed by atoms with van der Waals surface area (Å²) in [5, 5.41) is 16.5. The van der Waals surface area contributed by atoms with Gasteiger partial charge in [0.15, 0.2) is 0 Å². The Morgan fingerprint density at radius 2 is 2.05 bits per heavy atom. The van der Waals surface area contributed by atoms with E-state index in [-0.39, 0.29) is 18.0 Å². The van der Waals surface area contributed by atoms with E-state index in [0.717, 1.165) is 0 Å². The van der Waals surface area contributed by atoms with Gasteiger partial charge in [-0.2, -0.15) is 10.2 Å². The zero-order valence-corrected chi connectivity index (χ0v) is 10.8. The van der Waals surface area contributed by atoms with Crippen molar-refractivity contribution in [2.75, 3.05) is 0 Å². The molecule has 1 aromatic heterocycles. The van der Waals surface area contributed by atoms with E-state index in [1.54, 1.807) is 24.3 Å². The minimum Gasteiger partial charge on any atom is -0.392 e. The molecule has 2 aromatic rings. The van der Waals surface area contributed by atoms with Gasteiger partial charge in [0.05, 0.1) is 23.7 Å². The largest absolute Gasteiger partial charge is 0.392 e. The molecular formula is C12H13N3O3S. The fourth-order valence-electron chi connectivity index (χ4n) is 1.49. The molecule has 0 bridgehead atoms. The molecule has 0 saturated heterocycles. The van der Waals surface area contributed by atoms with E-state index in [2.05, 4.69) is 14.9 Å². The molecule has 0 aliphatic heterocycles. The zero-order valence-electron chi connectivity index (χ0n) is 10.0. The lowest BCUT2D eigenvalue weighted by Crippen LogP contribution is -2.24. The summed E-state index contributed by atoms with van der Waals surface area (Å²) in [7, 11) is -3.62. The molecule has 0 radical (unpaired) electrons. The summed E-state index contributed by atoms with van der Waals surface area (Å²) >= 11 is 0. The Hall–Kier alpha value is -1.83. The van der Waals surface area contributed by atoms with Crippen LogP contribution in [0, 0.1) is 0 Å². The van der Waals surface area contributed by atoms with Gasteiger partial charge in [-0.05, 0) is 29.8 Å². The highest BCUT2D eigenvalue weighted by Gasteiger charge is 2.14. The molecule has 2 rings (SSSR count). The molecule has 19 heavy (non-hydrogen) atoms. The molecule has 1 aromatic carbocycles. The van der Waals surface area contributed by atoms with Crippen LogP contribution in [0.2, 0.25) is 0 Å². The normalized spacial score (nSPS) is 11.4. The van der Waals surface area contributed by atoms with Crippen molar-refractivity contribution in [2.24, 2.45) is 0 Å². The lowest BCUT2D eigenvalue weighted by Gasteiger charge is -2.07. The fraction of sp³-hybridized carbons (Fsp3) is 0.167. The third kappa shape index (κ3) is 3.57. The Morgan fingerprint density at radius 3 is 2.74 bits per heavy atom. The molecule has 0 spiro atoms. The lowest BCUT2D eigenvalue weighted by molar-refractivity contribution is 0.281. The first kappa shape index (κ1) is 13.6. The van der Waals surface area contributed by atoms with Gasteiger partial charge in [0, 0.05) is 6.20 Å². The van der Waals surface area contributed by atoms with Gasteiger partial charge in [-0.25, -0.2) is 13.1 Å². The number of aliphatic hydroxyl groups excluding tert-OH is 1. The van der Waals surface area contributed by atoms with E-state index in [4.69, 9.17) is 5.11 Å². The van der Waals surface area contributed by atoms with Crippen LogP contribution >= 0.6 is 0 Å². The van der Waals surface area contributed by atoms with Crippen molar-refractivity contribution >= 4 is 10.0 Å². The summed E-state index contributed by atoms with van der Waals surface area (Å²) in [6.07, 6.45) is 1.52. The summed E-state index contributed by atoms with van der Waals surface area (Å²) in [5.74, 6) is 0. The first-order chi connectivity index (χ1) is 9.12. The van der Waals surface area contributed by atoms with Crippen molar-refractivity contribution in [3.8, 4) is 0 Å². The van der Waals surface area contributed by atoms with Crippen LogP contribution in [0.3, 0.4) is 0 Å². The van der Waals surface area contributed by atoms with E-state index in [9.17, 15) is 8.42 Å². The molecule has 7 heteroatoms. The van der Waals surface area contributed by atoms with Gasteiger partial charge >= 0.3 is 0 Å². The number of nitrogens with one attached hydrogen (secondary N) is 1. The Labute approximate surface area is 111 Å². The van der Waals surface area contributed by atoms with Gasteiger partial charge < -0.3 is 5.11 Å². The molecule has 0 amide bonds. The van der Waals surface area contributed by atoms with Crippen molar-refractivity contribution in [1.82, 2.24) is 14.9 Å². The predicted molar refractivity (Wildman–Crippen MR) is 68.4 cm³/mol. The number of rotatable bonds is 5. The van der Waals surface area contributed by atoms with E-state index < -0.39 is 10.0 Å². The molecule has 0 atom stereocenters. The van der Waals surface area contributed by atoms with Crippen molar-refractivity contribution in [3.63, 3.8) is 0 Å². The Balaban J connectivity index is 2.14. The highest BCUT2D eigenvalue weighted by atomic mass is 32.2. The standard InChI is InChI=1S/C12H13N3O3S/c16-9-10-3-1-5-12(7-10)19(17,18)14-8-11-4-2-6-13-15-11/h1-7,14,16H,8-9H2. The zero-order chi connectivity index (χ0) is 13.7. The van der Waals surface area contributed by atoms with E-state index in [1.807, 2.05) is 0 Å². The second-order valence-corrected chi connectivity index (χ2v) is 5.61. The maximum absolute atomic E-state index is 12.0. The van der Waals surface area contributed by atoms with Gasteiger partial charge in [0.25, 0.3) is 0 Å². The lowest BCUT2D eigenvalue weighted by atomic mass is 10.2. The molecule has 0 unspecified atom stereocenters. The SMILES string of the molecule is O=S(=O)(NCc1cccnn1)c1cccc(CO)c1. The molecule has 0 saturated carbocycles. The number of hydrogen-bond acceptors (Lipinski definition) is 5. The summed E-state index contributed by atoms with van der Waals surface area (Å²) in [6.45, 7) is -0.132. The molecular weight excluding hydrogens is 266 g/mol. The fourth-order valence-corrected chi connectivity index (χ4v) is 2.56. The van der Waals surface area contributed by atoms with E-state index in [0.29, 0.717) is 11.3 Å². The maximum atomic E-state index is 12.0. The second kappa shape index (κ2) is 5.87. The topological polar surface area (TPSA) is 92.2 Å². The molecule has 0 aliphatic rings. The summed E-state index contributed by atoms with van der Waals surface area (Å²) in [6, 6.07) is 9.50. The van der Waals surface area contributed by atoms with Crippen LogP contribution in [0.1, 0.15) is 11.3 Å². The van der Waals surface area contributed by atoms with Crippen molar-refractivity contribution < 1.29 is 13.5 Å². The molecule has 100 valence electrons. The monoisotopic (exact) mass is 279 g/mol. The maximum Gasteiger partial charge on any atom is 0.240 e. The Morgan fingerprint density at radius 1 is 1.21 bits per heavy atom. The number of benzene rings is 1. The van der Waals surface area contributed by atoms with Crippen LogP contribution < -0.4 is 4.72 Å². The third-order valence-corrected chi connectivity index (χ3v) is 3.86. The third-order valence-electron chi connectivity index (χ3n) is 2.46. The van der Waals surface area contributed by atoms with Crippen LogP contribution in [0.25, 0.3) is 0 Å². The van der Waals surface area contributed by atoms with Gasteiger partial charge in [-0.3, -0.25) is 0 Å². The van der Waals surface area contributed by atoms with Crippen LogP contribution in [-0.4, -0.2) is 23.7 Å². The first-order valence-electron chi connectivity index (χ1n) is 5.58. The minimum atomic E-state index is -3.62. The molecule has 0 fully saturated rings. The highest BCUT2D eigenvalue weighted by Crippen LogP contribution is 2.11. The molecule has 2 N–H and O–H groups in total. The summed E-state index contributed by atoms with van der Waals surface area (Å²) in [5.41, 5.74) is 1.08. The van der Waals surface area contributed by atoms with Crippen LogP contribution in [0.4, 0.5) is 0 Å². The van der Waals surface area contributed by atoms with Gasteiger partial charge in [0.1, 0.15) is 0 Å². The smallest absolute Gasteiger partial charge is 0.240 e. The first-order valence-corrected chi connectivity index (χ1v) is 7.06. The molecule has 0 aliphatic carbocycles. The quantitative estimate of drug-likeness (QED) is 0.829. The van der Waals surface area contributed by atoms with Gasteiger partial charge in [0.2, 0.25) is 10.0 Å². The average Bonchev–Trinajstić information content (AvgIpc) is 2.46. The summed E-state index contributed by atoms with van der Waals surface area (Å²) in [4.78, 5) is 0.114. The number of aliphatic hydroxyl groups is 1. The van der Waals surface area contributed by atoms with Gasteiger partial charge in [-0.1, -0.05) is 12.1 Å². The minimum absolute atomic E-state index is 0.0690. The van der Waals surface area contributed by atoms with E-state index in [1.165, 1.54) is 18.3 Å². The average molecular weight is 279 g/mol. The molecule has 1 heterocycles. The predicted octanol–water partition coefficient (Wildman–Crippen LogP) is 0.447. The second-order valence-electron chi connectivity index (χ2n) is 3.85. The highest BCUT2D eigenvalue weighted by molar-refractivity contribution is 7.89. The summed E-state index contributed by atoms with van der Waals surface area (Å²) < 4.78 is 26.5. The van der Waals surface area contributed by atoms with E-state index >= 15 is 0 Å². The van der Waals surface area contributed by atoms with Crippen LogP contribution in [-0.2, 0) is 23.2 Å². The molecule has 6 nitrogen and oxygen atoms in total. The number of nitrogens with zero attached hydrogens (tertiary/aromatic N) is 2. The van der Waals surface area contributed by atoms with Crippen molar-refractivity contribution in [1.29, 1.82) is 0 Å². The Kier molecular flexibility index (Phi) is 4.20. The number of hydrogen-bond donors (Lipinski definition) is 2. The Bertz CT molecular complexity index is 644. The number of sulfonamides is 1.